The third kappa shape index (κ3) is 6.34. The van der Waals surface area contributed by atoms with Gasteiger partial charge in [0.1, 0.15) is 5.84 Å². The van der Waals surface area contributed by atoms with Crippen molar-refractivity contribution in [2.24, 2.45) is 10.9 Å². The van der Waals surface area contributed by atoms with E-state index in [-0.39, 0.29) is 5.92 Å². The van der Waals surface area contributed by atoms with Crippen LogP contribution in [0.15, 0.2) is 4.99 Å². The minimum atomic E-state index is -0.487. The first kappa shape index (κ1) is 16.9. The van der Waals surface area contributed by atoms with Crippen molar-refractivity contribution in [1.82, 2.24) is 9.80 Å². The van der Waals surface area contributed by atoms with Crippen LogP contribution in [0.4, 0.5) is 4.79 Å². The third-order valence-electron chi connectivity index (χ3n) is 3.03. The Morgan fingerprint density at radius 1 is 1.35 bits per heavy atom. The summed E-state index contributed by atoms with van der Waals surface area (Å²) < 4.78 is 10.5. The smallest absolute Gasteiger partial charge is 0.435 e. The van der Waals surface area contributed by atoms with Crippen LogP contribution in [0.1, 0.15) is 20.3 Å². The first-order chi connectivity index (χ1) is 9.50. The number of amides is 1. The van der Waals surface area contributed by atoms with Crippen LogP contribution in [-0.4, -0.2) is 75.3 Å². The summed E-state index contributed by atoms with van der Waals surface area (Å²) in [6.07, 6.45) is 0.335. The summed E-state index contributed by atoms with van der Waals surface area (Å²) in [4.78, 5) is 20.1. The number of rotatable bonds is 5. The van der Waals surface area contributed by atoms with Gasteiger partial charge in [-0.3, -0.25) is 0 Å². The number of hydrogen-bond acceptors (Lipinski definition) is 4. The van der Waals surface area contributed by atoms with Crippen molar-refractivity contribution in [2.75, 3.05) is 53.6 Å². The minimum absolute atomic E-state index is 0.197. The van der Waals surface area contributed by atoms with E-state index in [9.17, 15) is 4.79 Å². The average Bonchev–Trinajstić information content (AvgIpc) is 2.41. The van der Waals surface area contributed by atoms with Crippen LogP contribution >= 0.6 is 0 Å². The number of carbonyl (C=O) groups excluding carboxylic acids is 1. The average molecular weight is 285 g/mol. The van der Waals surface area contributed by atoms with Crippen LogP contribution in [0.2, 0.25) is 0 Å². The zero-order valence-electron chi connectivity index (χ0n) is 13.1. The minimum Gasteiger partial charge on any atom is -0.448 e. The molecular weight excluding hydrogens is 258 g/mol. The fourth-order valence-electron chi connectivity index (χ4n) is 2.02. The van der Waals surface area contributed by atoms with Crippen LogP contribution in [-0.2, 0) is 9.47 Å². The van der Waals surface area contributed by atoms with Gasteiger partial charge in [-0.15, -0.1) is 0 Å². The molecule has 1 saturated heterocycles. The van der Waals surface area contributed by atoms with Gasteiger partial charge in [-0.2, -0.15) is 4.99 Å². The van der Waals surface area contributed by atoms with E-state index < -0.39 is 6.09 Å². The highest BCUT2D eigenvalue weighted by molar-refractivity contribution is 5.93. The maximum Gasteiger partial charge on any atom is 0.435 e. The Hall–Kier alpha value is -1.14. The summed E-state index contributed by atoms with van der Waals surface area (Å²) >= 11 is 0. The zero-order chi connectivity index (χ0) is 15.0. The zero-order valence-corrected chi connectivity index (χ0v) is 13.1. The van der Waals surface area contributed by atoms with Gasteiger partial charge in [0.2, 0.25) is 0 Å². The first-order valence-corrected chi connectivity index (χ1v) is 7.23. The lowest BCUT2D eigenvalue weighted by Crippen LogP contribution is -2.43. The molecule has 6 nitrogen and oxygen atoms in total. The van der Waals surface area contributed by atoms with Crippen molar-refractivity contribution in [3.8, 4) is 0 Å². The second-order valence-electron chi connectivity index (χ2n) is 5.50. The Morgan fingerprint density at radius 3 is 2.55 bits per heavy atom. The van der Waals surface area contributed by atoms with E-state index in [2.05, 4.69) is 14.8 Å². The van der Waals surface area contributed by atoms with Crippen molar-refractivity contribution in [3.05, 3.63) is 0 Å². The number of nitrogens with zero attached hydrogens (tertiary/aromatic N) is 3. The molecule has 0 aromatic rings. The van der Waals surface area contributed by atoms with Gasteiger partial charge in [0.25, 0.3) is 0 Å². The summed E-state index contributed by atoms with van der Waals surface area (Å²) in [6.45, 7) is 8.32. The Labute approximate surface area is 121 Å². The topological polar surface area (TPSA) is 54.4 Å². The van der Waals surface area contributed by atoms with E-state index in [1.165, 1.54) is 0 Å². The molecule has 1 aliphatic heterocycles. The standard InChI is InChI=1S/C14H27N3O3/c1-12(2)13(17-7-10-19-11-8-17)15-14(18)20-9-5-6-16(3)4/h12H,5-11H2,1-4H3. The van der Waals surface area contributed by atoms with Crippen molar-refractivity contribution in [3.63, 3.8) is 0 Å². The molecule has 1 aliphatic rings. The Balaban J connectivity index is 2.46. The molecule has 1 heterocycles. The fourth-order valence-corrected chi connectivity index (χ4v) is 2.02. The number of morpholine rings is 1. The number of amidine groups is 1. The van der Waals surface area contributed by atoms with Crippen LogP contribution < -0.4 is 0 Å². The molecule has 1 fully saturated rings. The molecule has 1 rings (SSSR count). The first-order valence-electron chi connectivity index (χ1n) is 7.23. The summed E-state index contributed by atoms with van der Waals surface area (Å²) in [7, 11) is 3.99. The SMILES string of the molecule is CC(C)C(=NC(=O)OCCCN(C)C)N1CCOCC1. The molecule has 0 atom stereocenters. The van der Waals surface area contributed by atoms with Gasteiger partial charge in [0, 0.05) is 25.6 Å². The normalized spacial score (nSPS) is 16.9. The lowest BCUT2D eigenvalue weighted by molar-refractivity contribution is 0.0659. The predicted octanol–water partition coefficient (Wildman–Crippen LogP) is 1.46. The largest absolute Gasteiger partial charge is 0.448 e. The molecule has 20 heavy (non-hydrogen) atoms. The molecule has 0 unspecified atom stereocenters. The molecule has 0 saturated carbocycles. The summed E-state index contributed by atoms with van der Waals surface area (Å²) in [5.41, 5.74) is 0. The lowest BCUT2D eigenvalue weighted by Gasteiger charge is -2.31. The van der Waals surface area contributed by atoms with Gasteiger partial charge < -0.3 is 19.3 Å². The quantitative estimate of drug-likeness (QED) is 0.435. The van der Waals surface area contributed by atoms with Crippen LogP contribution in [0.5, 0.6) is 0 Å². The second-order valence-corrected chi connectivity index (χ2v) is 5.50. The van der Waals surface area contributed by atoms with Gasteiger partial charge in [-0.25, -0.2) is 4.79 Å². The third-order valence-corrected chi connectivity index (χ3v) is 3.03. The van der Waals surface area contributed by atoms with Crippen molar-refractivity contribution in [1.29, 1.82) is 0 Å². The Bertz CT molecular complexity index is 324. The van der Waals surface area contributed by atoms with Gasteiger partial charge in [0.05, 0.1) is 19.8 Å². The van der Waals surface area contributed by atoms with E-state index in [1.807, 2.05) is 27.9 Å². The van der Waals surface area contributed by atoms with Crippen molar-refractivity contribution in [2.45, 2.75) is 20.3 Å². The molecule has 0 spiro atoms. The molecular formula is C14H27N3O3. The van der Waals surface area contributed by atoms with E-state index in [0.717, 1.165) is 31.9 Å². The van der Waals surface area contributed by atoms with Gasteiger partial charge >= 0.3 is 6.09 Å². The Morgan fingerprint density at radius 2 is 2.00 bits per heavy atom. The molecule has 6 heteroatoms. The second kappa shape index (κ2) is 8.92. The van der Waals surface area contributed by atoms with E-state index in [0.29, 0.717) is 19.8 Å². The molecule has 0 radical (unpaired) electrons. The number of hydrogen-bond donors (Lipinski definition) is 0. The highest BCUT2D eigenvalue weighted by atomic mass is 16.5. The predicted molar refractivity (Wildman–Crippen MR) is 79.2 cm³/mol. The van der Waals surface area contributed by atoms with E-state index in [1.54, 1.807) is 0 Å². The lowest BCUT2D eigenvalue weighted by atomic mass is 10.1. The Kier molecular flexibility index (Phi) is 7.54. The van der Waals surface area contributed by atoms with Crippen LogP contribution in [0.3, 0.4) is 0 Å². The summed E-state index contributed by atoms with van der Waals surface area (Å²) in [5, 5.41) is 0. The number of carbonyl (C=O) groups is 1. The molecule has 0 bridgehead atoms. The summed E-state index contributed by atoms with van der Waals surface area (Å²) in [6, 6.07) is 0. The van der Waals surface area contributed by atoms with E-state index >= 15 is 0 Å². The van der Waals surface area contributed by atoms with Crippen molar-refractivity contribution < 1.29 is 14.3 Å². The monoisotopic (exact) mass is 285 g/mol. The van der Waals surface area contributed by atoms with Crippen LogP contribution in [0.25, 0.3) is 0 Å². The van der Waals surface area contributed by atoms with Gasteiger partial charge in [-0.1, -0.05) is 13.8 Å². The number of ether oxygens (including phenoxy) is 2. The highest BCUT2D eigenvalue weighted by Gasteiger charge is 2.19. The van der Waals surface area contributed by atoms with Gasteiger partial charge in [-0.05, 0) is 20.5 Å². The van der Waals surface area contributed by atoms with E-state index in [4.69, 9.17) is 9.47 Å². The molecule has 116 valence electrons. The maximum atomic E-state index is 11.8. The summed E-state index contributed by atoms with van der Waals surface area (Å²) in [5.74, 6) is 0.994. The molecule has 0 N–H and O–H groups in total. The molecule has 0 aromatic heterocycles. The van der Waals surface area contributed by atoms with Gasteiger partial charge in [0.15, 0.2) is 0 Å². The molecule has 1 amide bonds. The maximum absolute atomic E-state index is 11.8. The van der Waals surface area contributed by atoms with Crippen LogP contribution in [0, 0.1) is 5.92 Å². The molecule has 0 aromatic carbocycles. The molecule has 0 aliphatic carbocycles. The van der Waals surface area contributed by atoms with Crippen molar-refractivity contribution >= 4 is 11.9 Å². The fraction of sp³-hybridized carbons (Fsp3) is 0.857. The number of aliphatic imine (C=N–C) groups is 1. The highest BCUT2D eigenvalue weighted by Crippen LogP contribution is 2.08.